The van der Waals surface area contributed by atoms with Crippen molar-refractivity contribution in [1.29, 1.82) is 0 Å². The van der Waals surface area contributed by atoms with Crippen LogP contribution in [-0.4, -0.2) is 26.7 Å². The molecule has 1 N–H and O–H groups in total. The van der Waals surface area contributed by atoms with E-state index in [0.29, 0.717) is 31.3 Å². The van der Waals surface area contributed by atoms with Crippen molar-refractivity contribution < 1.29 is 9.26 Å². The number of nitrogens with zero attached hydrogens (tertiary/aromatic N) is 3. The van der Waals surface area contributed by atoms with Crippen molar-refractivity contribution in [3.8, 4) is 11.5 Å². The minimum atomic E-state index is 0.533. The normalized spacial score (nSPS) is 13.9. The highest BCUT2D eigenvalue weighted by molar-refractivity contribution is 5.84. The van der Waals surface area contributed by atoms with Gasteiger partial charge < -0.3 is 14.2 Å². The fourth-order valence-corrected chi connectivity index (χ4v) is 3.39. The number of rotatable bonds is 3. The Morgan fingerprint density at radius 1 is 1.15 bits per heavy atom. The number of aromatic amines is 1. The lowest BCUT2D eigenvalue weighted by atomic mass is 10.1. The zero-order chi connectivity index (χ0) is 17.5. The number of fused-ring (bicyclic) bond motifs is 2. The molecule has 0 saturated heterocycles. The molecular weight excluding hydrogens is 328 g/mol. The van der Waals surface area contributed by atoms with Gasteiger partial charge in [0.2, 0.25) is 11.7 Å². The Hall–Kier alpha value is -2.99. The molecule has 130 valence electrons. The fourth-order valence-electron chi connectivity index (χ4n) is 3.39. The van der Waals surface area contributed by atoms with Gasteiger partial charge in [0.25, 0.3) is 0 Å². The Labute approximate surface area is 150 Å². The highest BCUT2D eigenvalue weighted by atomic mass is 16.5. The van der Waals surface area contributed by atoms with Crippen LogP contribution in [-0.2, 0) is 24.2 Å². The lowest BCUT2D eigenvalue weighted by Crippen LogP contribution is -2.12. The maximum atomic E-state index is 5.48. The molecule has 1 aliphatic heterocycles. The third-order valence-electron chi connectivity index (χ3n) is 4.77. The number of hydrogen-bond acceptors (Lipinski definition) is 5. The van der Waals surface area contributed by atoms with Crippen LogP contribution < -0.4 is 0 Å². The fraction of sp³-hybridized carbons (Fsp3) is 0.250. The van der Waals surface area contributed by atoms with Gasteiger partial charge in [-0.3, -0.25) is 0 Å². The van der Waals surface area contributed by atoms with Gasteiger partial charge in [0.15, 0.2) is 0 Å². The minimum absolute atomic E-state index is 0.533. The van der Waals surface area contributed by atoms with E-state index in [1.165, 1.54) is 10.9 Å². The maximum absolute atomic E-state index is 5.48. The van der Waals surface area contributed by atoms with Crippen molar-refractivity contribution in [3.63, 3.8) is 0 Å². The van der Waals surface area contributed by atoms with Gasteiger partial charge in [0.1, 0.15) is 5.69 Å². The number of nitrogens with one attached hydrogen (secondary N) is 1. The molecule has 0 amide bonds. The second-order valence-electron chi connectivity index (χ2n) is 6.66. The first kappa shape index (κ1) is 15.3. The van der Waals surface area contributed by atoms with Gasteiger partial charge in [-0.25, -0.2) is 4.98 Å². The summed E-state index contributed by atoms with van der Waals surface area (Å²) in [4.78, 5) is 12.5. The number of aryl methyl sites for hydroxylation is 1. The van der Waals surface area contributed by atoms with E-state index in [9.17, 15) is 0 Å². The first-order valence-electron chi connectivity index (χ1n) is 8.72. The average molecular weight is 346 g/mol. The summed E-state index contributed by atoms with van der Waals surface area (Å²) in [5.74, 6) is 1.12. The molecule has 6 nitrogen and oxygen atoms in total. The molecule has 0 spiro atoms. The number of aromatic nitrogens is 4. The van der Waals surface area contributed by atoms with Gasteiger partial charge in [-0.2, -0.15) is 4.98 Å². The van der Waals surface area contributed by atoms with Crippen LogP contribution in [0, 0.1) is 6.92 Å². The van der Waals surface area contributed by atoms with Gasteiger partial charge in [0, 0.05) is 29.2 Å². The van der Waals surface area contributed by atoms with Crippen LogP contribution in [0.3, 0.4) is 0 Å². The van der Waals surface area contributed by atoms with Crippen molar-refractivity contribution in [1.82, 2.24) is 20.1 Å². The van der Waals surface area contributed by atoms with E-state index in [1.54, 1.807) is 0 Å². The number of hydrogen-bond donors (Lipinski definition) is 1. The van der Waals surface area contributed by atoms with Gasteiger partial charge in [-0.1, -0.05) is 22.9 Å². The number of benzene rings is 1. The molecular formula is C20H18N4O2. The Balaban J connectivity index is 1.44. The highest BCUT2D eigenvalue weighted by Crippen LogP contribution is 2.24. The smallest absolute Gasteiger partial charge is 0.231 e. The quantitative estimate of drug-likeness (QED) is 0.613. The van der Waals surface area contributed by atoms with E-state index < -0.39 is 0 Å². The average Bonchev–Trinajstić information content (AvgIpc) is 3.29. The maximum Gasteiger partial charge on any atom is 0.231 e. The van der Waals surface area contributed by atoms with E-state index in [4.69, 9.17) is 9.26 Å². The predicted molar refractivity (Wildman–Crippen MR) is 96.7 cm³/mol. The Morgan fingerprint density at radius 2 is 2.12 bits per heavy atom. The molecule has 1 aliphatic rings. The van der Waals surface area contributed by atoms with Gasteiger partial charge in [-0.05, 0) is 36.2 Å². The minimum Gasteiger partial charge on any atom is -0.376 e. The molecule has 4 aromatic rings. The van der Waals surface area contributed by atoms with Crippen LogP contribution in [0.1, 0.15) is 28.3 Å². The molecule has 0 unspecified atom stereocenters. The monoisotopic (exact) mass is 346 g/mol. The topological polar surface area (TPSA) is 76.8 Å². The standard InChI is InChI=1S/C20H18N4O2/c1-12-2-4-17-15(8-12)14(10-21-17)9-19-23-20(24-26-19)18-5-3-13-11-25-7-6-16(13)22-18/h2-5,8,10,21H,6-7,9,11H2,1H3. The predicted octanol–water partition coefficient (Wildman–Crippen LogP) is 3.58. The lowest BCUT2D eigenvalue weighted by Gasteiger charge is -2.15. The third-order valence-corrected chi connectivity index (χ3v) is 4.77. The van der Waals surface area contributed by atoms with Crippen LogP contribution in [0.25, 0.3) is 22.4 Å². The summed E-state index contributed by atoms with van der Waals surface area (Å²) in [5.41, 5.74) is 6.44. The molecule has 0 fully saturated rings. The summed E-state index contributed by atoms with van der Waals surface area (Å²) in [5, 5.41) is 5.31. The largest absolute Gasteiger partial charge is 0.376 e. The van der Waals surface area contributed by atoms with Gasteiger partial charge >= 0.3 is 0 Å². The number of H-pyrrole nitrogens is 1. The van der Waals surface area contributed by atoms with Crippen molar-refractivity contribution in [3.05, 3.63) is 64.8 Å². The number of ether oxygens (including phenoxy) is 1. The second kappa shape index (κ2) is 6.07. The van der Waals surface area contributed by atoms with Crippen molar-refractivity contribution in [2.75, 3.05) is 6.61 Å². The first-order chi connectivity index (χ1) is 12.8. The summed E-state index contributed by atoms with van der Waals surface area (Å²) in [6.07, 6.45) is 3.42. The summed E-state index contributed by atoms with van der Waals surface area (Å²) < 4.78 is 10.9. The first-order valence-corrected chi connectivity index (χ1v) is 8.72. The van der Waals surface area contributed by atoms with E-state index in [0.717, 1.165) is 34.5 Å². The molecule has 0 radical (unpaired) electrons. The summed E-state index contributed by atoms with van der Waals surface area (Å²) in [7, 11) is 0. The van der Waals surface area contributed by atoms with Crippen LogP contribution in [0.4, 0.5) is 0 Å². The van der Waals surface area contributed by atoms with Crippen LogP contribution >= 0.6 is 0 Å². The molecule has 1 aromatic carbocycles. The summed E-state index contributed by atoms with van der Waals surface area (Å²) in [6.45, 7) is 3.43. The van der Waals surface area contributed by atoms with Gasteiger partial charge in [0.05, 0.1) is 19.6 Å². The van der Waals surface area contributed by atoms with Crippen LogP contribution in [0.5, 0.6) is 0 Å². The summed E-state index contributed by atoms with van der Waals surface area (Å²) >= 11 is 0. The second-order valence-corrected chi connectivity index (χ2v) is 6.66. The number of pyridine rings is 1. The molecule has 6 heteroatoms. The highest BCUT2D eigenvalue weighted by Gasteiger charge is 2.16. The van der Waals surface area contributed by atoms with Gasteiger partial charge in [-0.15, -0.1) is 0 Å². The Bertz CT molecular complexity index is 1100. The Morgan fingerprint density at radius 3 is 3.08 bits per heavy atom. The molecule has 0 bridgehead atoms. The molecule has 0 atom stereocenters. The van der Waals surface area contributed by atoms with Crippen LogP contribution in [0.15, 0.2) is 41.1 Å². The molecule has 5 rings (SSSR count). The summed E-state index contributed by atoms with van der Waals surface area (Å²) in [6, 6.07) is 10.3. The lowest BCUT2D eigenvalue weighted by molar-refractivity contribution is 0.109. The Kier molecular flexibility index (Phi) is 3.57. The van der Waals surface area contributed by atoms with Crippen molar-refractivity contribution in [2.45, 2.75) is 26.4 Å². The van der Waals surface area contributed by atoms with E-state index in [1.807, 2.05) is 18.3 Å². The molecule has 0 saturated carbocycles. The van der Waals surface area contributed by atoms with E-state index in [2.05, 4.69) is 45.2 Å². The van der Waals surface area contributed by atoms with Crippen molar-refractivity contribution >= 4 is 10.9 Å². The SMILES string of the molecule is Cc1ccc2[nH]cc(Cc3nc(-c4ccc5c(n4)CCOC5)no3)c2c1. The molecule has 0 aliphatic carbocycles. The molecule has 26 heavy (non-hydrogen) atoms. The third kappa shape index (κ3) is 2.68. The van der Waals surface area contributed by atoms with E-state index >= 15 is 0 Å². The molecule has 4 heterocycles. The van der Waals surface area contributed by atoms with E-state index in [-0.39, 0.29) is 0 Å². The van der Waals surface area contributed by atoms with Crippen molar-refractivity contribution in [2.24, 2.45) is 0 Å². The zero-order valence-corrected chi connectivity index (χ0v) is 14.5. The van der Waals surface area contributed by atoms with Crippen LogP contribution in [0.2, 0.25) is 0 Å². The zero-order valence-electron chi connectivity index (χ0n) is 14.5. The molecule has 3 aromatic heterocycles.